The van der Waals surface area contributed by atoms with Crippen LogP contribution in [0.25, 0.3) is 0 Å². The lowest BCUT2D eigenvalue weighted by Crippen LogP contribution is -2.22. The van der Waals surface area contributed by atoms with Gasteiger partial charge in [0.2, 0.25) is 0 Å². The fraction of sp³-hybridized carbons (Fsp3) is 0.167. The van der Waals surface area contributed by atoms with Crippen molar-refractivity contribution in [2.45, 2.75) is 10.5 Å². The molecule has 0 aliphatic carbocycles. The van der Waals surface area contributed by atoms with Gasteiger partial charge in [-0.15, -0.1) is 0 Å². The van der Waals surface area contributed by atoms with Crippen molar-refractivity contribution in [2.75, 3.05) is 0 Å². The number of carbonyl (C=O) groups is 1. The van der Waals surface area contributed by atoms with Crippen LogP contribution in [-0.2, 0) is 0 Å². The lowest BCUT2D eigenvalue weighted by atomic mass is 10.3. The van der Waals surface area contributed by atoms with Gasteiger partial charge in [-0.05, 0) is 6.07 Å². The SMILES string of the molecule is O=C([O-])c1cc[nH]c1SC(F)(F)F. The molecule has 0 spiro atoms. The maximum Gasteiger partial charge on any atom is 0.447 e. The van der Waals surface area contributed by atoms with Gasteiger partial charge in [-0.1, -0.05) is 0 Å². The minimum absolute atomic E-state index is 0.465. The number of aromatic carboxylic acids is 1. The van der Waals surface area contributed by atoms with E-state index in [-0.39, 0.29) is 0 Å². The summed E-state index contributed by atoms with van der Waals surface area (Å²) in [5.74, 6) is -1.63. The number of hydrogen-bond donors (Lipinski definition) is 1. The summed E-state index contributed by atoms with van der Waals surface area (Å²) in [4.78, 5) is 12.4. The standard InChI is InChI=1S/C6H4F3NO2S/c7-6(8,9)13-4-3(5(11)12)1-2-10-4/h1-2,10H,(H,11,12)/p-1. The number of carboxylic acid groups (broad SMARTS) is 1. The molecule has 0 amide bonds. The second kappa shape index (κ2) is 3.33. The number of halogens is 3. The van der Waals surface area contributed by atoms with Crippen LogP contribution in [0.3, 0.4) is 0 Å². The van der Waals surface area contributed by atoms with Gasteiger partial charge in [-0.3, -0.25) is 0 Å². The zero-order valence-electron chi connectivity index (χ0n) is 6.01. The van der Waals surface area contributed by atoms with Crippen molar-refractivity contribution in [3.8, 4) is 0 Å². The van der Waals surface area contributed by atoms with Crippen LogP contribution in [0.5, 0.6) is 0 Å². The zero-order valence-corrected chi connectivity index (χ0v) is 6.83. The molecule has 1 aromatic heterocycles. The number of aromatic nitrogens is 1. The Morgan fingerprint density at radius 2 is 2.15 bits per heavy atom. The normalized spacial score (nSPS) is 11.6. The summed E-state index contributed by atoms with van der Waals surface area (Å²) >= 11 is -0.514. The van der Waals surface area contributed by atoms with E-state index < -0.39 is 33.8 Å². The Labute approximate surface area is 74.9 Å². The Hall–Kier alpha value is -1.11. The van der Waals surface area contributed by atoms with E-state index >= 15 is 0 Å². The summed E-state index contributed by atoms with van der Waals surface area (Å²) in [5, 5.41) is 9.79. The van der Waals surface area contributed by atoms with Crippen molar-refractivity contribution >= 4 is 17.7 Å². The number of nitrogens with one attached hydrogen (secondary N) is 1. The van der Waals surface area contributed by atoms with Gasteiger partial charge in [0.05, 0.1) is 11.0 Å². The fourth-order valence-corrected chi connectivity index (χ4v) is 1.33. The summed E-state index contributed by atoms with van der Waals surface area (Å²) in [5.41, 5.74) is -4.99. The van der Waals surface area contributed by atoms with E-state index in [1.54, 1.807) is 0 Å². The van der Waals surface area contributed by atoms with Crippen molar-refractivity contribution in [2.24, 2.45) is 0 Å². The molecule has 72 valence electrons. The van der Waals surface area contributed by atoms with Gasteiger partial charge in [0.15, 0.2) is 0 Å². The topological polar surface area (TPSA) is 55.9 Å². The molecule has 0 unspecified atom stereocenters. The Morgan fingerprint density at radius 1 is 1.54 bits per heavy atom. The van der Waals surface area contributed by atoms with Gasteiger partial charge in [0.25, 0.3) is 0 Å². The van der Waals surface area contributed by atoms with Crippen molar-refractivity contribution in [3.05, 3.63) is 17.8 Å². The molecule has 1 rings (SSSR count). The van der Waals surface area contributed by atoms with E-state index in [9.17, 15) is 23.1 Å². The summed E-state index contributed by atoms with van der Waals surface area (Å²) in [6, 6.07) is 1.02. The van der Waals surface area contributed by atoms with Gasteiger partial charge in [-0.2, -0.15) is 13.2 Å². The van der Waals surface area contributed by atoms with Crippen LogP contribution in [0.1, 0.15) is 10.4 Å². The Bertz CT molecular complexity index is 320. The number of carbonyl (C=O) groups excluding carboxylic acids is 1. The maximum absolute atomic E-state index is 11.8. The highest BCUT2D eigenvalue weighted by atomic mass is 32.2. The van der Waals surface area contributed by atoms with E-state index in [4.69, 9.17) is 0 Å². The first-order chi connectivity index (χ1) is 5.90. The Kier molecular flexibility index (Phi) is 2.55. The minimum Gasteiger partial charge on any atom is -0.545 e. The van der Waals surface area contributed by atoms with E-state index in [0.29, 0.717) is 0 Å². The molecule has 0 aliphatic heterocycles. The monoisotopic (exact) mass is 210 g/mol. The number of hydrogen-bond acceptors (Lipinski definition) is 3. The maximum atomic E-state index is 11.8. The second-order valence-corrected chi connectivity index (χ2v) is 3.13. The lowest BCUT2D eigenvalue weighted by Gasteiger charge is -2.06. The molecule has 7 heteroatoms. The highest BCUT2D eigenvalue weighted by molar-refractivity contribution is 8.00. The largest absolute Gasteiger partial charge is 0.545 e. The Balaban J connectivity index is 2.89. The van der Waals surface area contributed by atoms with Crippen LogP contribution in [0.2, 0.25) is 0 Å². The average Bonchev–Trinajstić information content (AvgIpc) is 2.31. The molecule has 0 aromatic carbocycles. The smallest absolute Gasteiger partial charge is 0.447 e. The van der Waals surface area contributed by atoms with Crippen LogP contribution in [-0.4, -0.2) is 16.5 Å². The van der Waals surface area contributed by atoms with E-state index in [0.717, 1.165) is 12.3 Å². The first kappa shape index (κ1) is 9.97. The number of thioether (sulfide) groups is 1. The molecule has 0 bridgehead atoms. The third-order valence-corrected chi connectivity index (χ3v) is 1.92. The molecule has 0 saturated heterocycles. The molecular formula is C6H3F3NO2S-. The van der Waals surface area contributed by atoms with Crippen molar-refractivity contribution in [1.82, 2.24) is 4.98 Å². The highest BCUT2D eigenvalue weighted by Gasteiger charge is 2.31. The van der Waals surface area contributed by atoms with Crippen LogP contribution in [0, 0.1) is 0 Å². The number of carboxylic acids is 1. The van der Waals surface area contributed by atoms with E-state index in [1.165, 1.54) is 0 Å². The van der Waals surface area contributed by atoms with Crippen LogP contribution < -0.4 is 5.11 Å². The van der Waals surface area contributed by atoms with Crippen LogP contribution in [0.4, 0.5) is 13.2 Å². The zero-order chi connectivity index (χ0) is 10.1. The molecule has 1 N–H and O–H groups in total. The van der Waals surface area contributed by atoms with Crippen molar-refractivity contribution < 1.29 is 23.1 Å². The molecule has 0 aliphatic rings. The molecular weight excluding hydrogens is 207 g/mol. The quantitative estimate of drug-likeness (QED) is 0.740. The Morgan fingerprint density at radius 3 is 2.62 bits per heavy atom. The van der Waals surface area contributed by atoms with Gasteiger partial charge >= 0.3 is 5.51 Å². The van der Waals surface area contributed by atoms with Gasteiger partial charge in [-0.25, -0.2) is 0 Å². The van der Waals surface area contributed by atoms with Crippen molar-refractivity contribution in [1.29, 1.82) is 0 Å². The first-order valence-corrected chi connectivity index (χ1v) is 3.86. The molecule has 1 aromatic rings. The van der Waals surface area contributed by atoms with Crippen molar-refractivity contribution in [3.63, 3.8) is 0 Å². The van der Waals surface area contributed by atoms with Crippen LogP contribution in [0.15, 0.2) is 17.3 Å². The number of H-pyrrole nitrogens is 1. The highest BCUT2D eigenvalue weighted by Crippen LogP contribution is 2.37. The molecule has 13 heavy (non-hydrogen) atoms. The number of alkyl halides is 3. The summed E-state index contributed by atoms with van der Waals surface area (Å²) in [7, 11) is 0. The molecule has 0 saturated carbocycles. The van der Waals surface area contributed by atoms with E-state index in [1.807, 2.05) is 0 Å². The third-order valence-electron chi connectivity index (χ3n) is 1.15. The molecule has 0 atom stereocenters. The fourth-order valence-electron chi connectivity index (χ4n) is 0.715. The minimum atomic E-state index is -4.50. The summed E-state index contributed by atoms with van der Waals surface area (Å²) < 4.78 is 35.4. The molecule has 0 radical (unpaired) electrons. The lowest BCUT2D eigenvalue weighted by molar-refractivity contribution is -0.255. The molecule has 1 heterocycles. The second-order valence-electron chi connectivity index (χ2n) is 2.06. The van der Waals surface area contributed by atoms with E-state index in [2.05, 4.69) is 4.98 Å². The number of rotatable bonds is 2. The summed E-state index contributed by atoms with van der Waals surface area (Å²) in [6.45, 7) is 0. The number of aromatic amines is 1. The average molecular weight is 210 g/mol. The van der Waals surface area contributed by atoms with Gasteiger partial charge in [0, 0.05) is 23.5 Å². The predicted molar refractivity (Wildman–Crippen MR) is 37.0 cm³/mol. The third kappa shape index (κ3) is 2.69. The first-order valence-electron chi connectivity index (χ1n) is 3.04. The summed E-state index contributed by atoms with van der Waals surface area (Å²) in [6.07, 6.45) is 1.11. The van der Waals surface area contributed by atoms with Gasteiger partial charge in [0.1, 0.15) is 0 Å². The van der Waals surface area contributed by atoms with Gasteiger partial charge < -0.3 is 14.9 Å². The molecule has 0 fully saturated rings. The predicted octanol–water partition coefficient (Wildman–Crippen LogP) is 0.990. The van der Waals surface area contributed by atoms with Crippen LogP contribution >= 0.6 is 11.8 Å². The molecule has 3 nitrogen and oxygen atoms in total.